The van der Waals surface area contributed by atoms with E-state index in [0.717, 1.165) is 12.1 Å². The Bertz CT molecular complexity index is 492. The van der Waals surface area contributed by atoms with E-state index in [0.29, 0.717) is 18.4 Å². The van der Waals surface area contributed by atoms with Crippen LogP contribution in [0.1, 0.15) is 37.3 Å². The molecule has 0 aliphatic heterocycles. The highest BCUT2D eigenvalue weighted by Gasteiger charge is 2.38. The number of carbonyl (C=O) groups is 1. The molecule has 1 aliphatic carbocycles. The van der Waals surface area contributed by atoms with Crippen molar-refractivity contribution in [1.82, 2.24) is 0 Å². The number of benzene rings is 1. The molecule has 1 aromatic rings. The van der Waals surface area contributed by atoms with Gasteiger partial charge in [-0.2, -0.15) is 13.2 Å². The second-order valence-corrected chi connectivity index (χ2v) is 4.97. The summed E-state index contributed by atoms with van der Waals surface area (Å²) < 4.78 is 50.7. The molecule has 1 unspecified atom stereocenters. The van der Waals surface area contributed by atoms with E-state index in [-0.39, 0.29) is 12.2 Å². The van der Waals surface area contributed by atoms with Crippen molar-refractivity contribution in [3.8, 4) is 0 Å². The number of alkyl halides is 3. The molecule has 0 spiro atoms. The van der Waals surface area contributed by atoms with Crippen molar-refractivity contribution in [2.75, 3.05) is 0 Å². The average molecular weight is 260 g/mol. The van der Waals surface area contributed by atoms with E-state index in [1.54, 1.807) is 6.92 Å². The minimum Gasteiger partial charge on any atom is -0.300 e. The molecule has 0 amide bonds. The molecule has 1 nitrogen and oxygen atoms in total. The quantitative estimate of drug-likeness (QED) is 0.701. The summed E-state index contributed by atoms with van der Waals surface area (Å²) >= 11 is 0. The van der Waals surface area contributed by atoms with Gasteiger partial charge in [0.2, 0.25) is 0 Å². The topological polar surface area (TPSA) is 17.1 Å². The maximum Gasteiger partial charge on any atom is 0.419 e. The number of Topliss-reactive ketones (excluding diaryl/α,β-unsaturated/α-hetero) is 1. The van der Waals surface area contributed by atoms with Crippen LogP contribution < -0.4 is 0 Å². The highest BCUT2D eigenvalue weighted by Crippen LogP contribution is 2.40. The first kappa shape index (κ1) is 13.1. The third kappa shape index (κ3) is 2.26. The van der Waals surface area contributed by atoms with Gasteiger partial charge >= 0.3 is 6.18 Å². The third-order valence-corrected chi connectivity index (χ3v) is 3.51. The van der Waals surface area contributed by atoms with Gasteiger partial charge in [-0.1, -0.05) is 13.0 Å². The number of hydrogen-bond donors (Lipinski definition) is 0. The minimum absolute atomic E-state index is 0.0674. The average Bonchev–Trinajstić information content (AvgIpc) is 2.58. The second-order valence-electron chi connectivity index (χ2n) is 4.97. The fourth-order valence-electron chi connectivity index (χ4n) is 2.39. The van der Waals surface area contributed by atoms with Gasteiger partial charge in [0.25, 0.3) is 0 Å². The Hall–Kier alpha value is -1.39. The molecule has 18 heavy (non-hydrogen) atoms. The lowest BCUT2D eigenvalue weighted by Gasteiger charge is -2.23. The first-order valence-corrected chi connectivity index (χ1v) is 5.61. The summed E-state index contributed by atoms with van der Waals surface area (Å²) in [5.41, 5.74) is -1.35. The fourth-order valence-corrected chi connectivity index (χ4v) is 2.39. The Morgan fingerprint density at radius 3 is 2.39 bits per heavy atom. The molecule has 0 radical (unpaired) electrons. The van der Waals surface area contributed by atoms with Crippen molar-refractivity contribution in [2.24, 2.45) is 0 Å². The van der Waals surface area contributed by atoms with Gasteiger partial charge in [-0.25, -0.2) is 4.39 Å². The van der Waals surface area contributed by atoms with Crippen molar-refractivity contribution in [2.45, 2.75) is 37.8 Å². The van der Waals surface area contributed by atoms with Crippen LogP contribution >= 0.6 is 0 Å². The first-order valence-electron chi connectivity index (χ1n) is 5.61. The lowest BCUT2D eigenvalue weighted by Crippen LogP contribution is -2.19. The molecule has 1 aromatic carbocycles. The summed E-state index contributed by atoms with van der Waals surface area (Å²) in [6, 6.07) is 2.92. The van der Waals surface area contributed by atoms with Crippen LogP contribution in [0.3, 0.4) is 0 Å². The van der Waals surface area contributed by atoms with Crippen LogP contribution in [0.4, 0.5) is 17.6 Å². The van der Waals surface area contributed by atoms with Crippen LogP contribution in [0.2, 0.25) is 0 Å². The molecule has 5 heteroatoms. The number of halogens is 4. The van der Waals surface area contributed by atoms with Crippen LogP contribution in [0.5, 0.6) is 0 Å². The third-order valence-electron chi connectivity index (χ3n) is 3.51. The van der Waals surface area contributed by atoms with Gasteiger partial charge in [0, 0.05) is 12.8 Å². The van der Waals surface area contributed by atoms with E-state index in [1.165, 1.54) is 6.07 Å². The first-order chi connectivity index (χ1) is 8.22. The molecule has 1 aliphatic rings. The van der Waals surface area contributed by atoms with Gasteiger partial charge in [-0.3, -0.25) is 4.79 Å². The Morgan fingerprint density at radius 2 is 1.94 bits per heavy atom. The van der Waals surface area contributed by atoms with Gasteiger partial charge < -0.3 is 0 Å². The zero-order valence-electron chi connectivity index (χ0n) is 9.77. The number of ketones is 1. The molecule has 0 saturated heterocycles. The van der Waals surface area contributed by atoms with E-state index < -0.39 is 23.0 Å². The molecule has 0 N–H and O–H groups in total. The maximum atomic E-state index is 13.5. The van der Waals surface area contributed by atoms with Gasteiger partial charge in [0.15, 0.2) is 0 Å². The molecule has 1 atom stereocenters. The summed E-state index contributed by atoms with van der Waals surface area (Å²) in [5, 5.41) is 0. The SMILES string of the molecule is CC1(c2ccc(C(F)(F)F)c(F)c2)CCC(=O)C1. The number of carbonyl (C=O) groups excluding carboxylic acids is 1. The summed E-state index contributed by atoms with van der Waals surface area (Å²) in [4.78, 5) is 11.3. The predicted molar refractivity (Wildman–Crippen MR) is 57.6 cm³/mol. The lowest BCUT2D eigenvalue weighted by molar-refractivity contribution is -0.140. The van der Waals surface area contributed by atoms with Crippen LogP contribution in [0.25, 0.3) is 0 Å². The zero-order chi connectivity index (χ0) is 13.6. The van der Waals surface area contributed by atoms with E-state index in [1.807, 2.05) is 0 Å². The van der Waals surface area contributed by atoms with Crippen molar-refractivity contribution in [1.29, 1.82) is 0 Å². The van der Waals surface area contributed by atoms with Crippen molar-refractivity contribution >= 4 is 5.78 Å². The molecular formula is C13H12F4O. The van der Waals surface area contributed by atoms with Gasteiger partial charge in [0.1, 0.15) is 11.6 Å². The van der Waals surface area contributed by atoms with E-state index >= 15 is 0 Å². The summed E-state index contributed by atoms with van der Waals surface area (Å²) in [6.07, 6.45) is -3.47. The summed E-state index contributed by atoms with van der Waals surface area (Å²) in [6.45, 7) is 1.78. The predicted octanol–water partition coefficient (Wildman–Crippen LogP) is 3.86. The molecule has 98 valence electrons. The fraction of sp³-hybridized carbons (Fsp3) is 0.462. The maximum absolute atomic E-state index is 13.5. The standard InChI is InChI=1S/C13H12F4O/c1-12(5-4-9(18)7-12)8-2-3-10(11(14)6-8)13(15,16)17/h2-3,6H,4-5,7H2,1H3. The lowest BCUT2D eigenvalue weighted by atomic mass is 9.80. The summed E-state index contributed by atoms with van der Waals surface area (Å²) in [7, 11) is 0. The van der Waals surface area contributed by atoms with Crippen molar-refractivity contribution in [3.63, 3.8) is 0 Å². The number of hydrogen-bond acceptors (Lipinski definition) is 1. The van der Waals surface area contributed by atoms with Gasteiger partial charge in [0.05, 0.1) is 5.56 Å². The van der Waals surface area contributed by atoms with Crippen LogP contribution in [0, 0.1) is 5.82 Å². The van der Waals surface area contributed by atoms with E-state index in [2.05, 4.69) is 0 Å². The normalized spacial score (nSPS) is 24.6. The largest absolute Gasteiger partial charge is 0.419 e. The Morgan fingerprint density at radius 1 is 1.28 bits per heavy atom. The molecule has 2 rings (SSSR count). The van der Waals surface area contributed by atoms with Crippen LogP contribution in [-0.2, 0) is 16.4 Å². The minimum atomic E-state index is -4.69. The van der Waals surface area contributed by atoms with Gasteiger partial charge in [-0.15, -0.1) is 0 Å². The Labute approximate surface area is 102 Å². The Balaban J connectivity index is 2.38. The molecule has 1 fully saturated rings. The molecule has 0 bridgehead atoms. The highest BCUT2D eigenvalue weighted by molar-refractivity contribution is 5.82. The van der Waals surface area contributed by atoms with Crippen molar-refractivity contribution in [3.05, 3.63) is 35.1 Å². The van der Waals surface area contributed by atoms with Gasteiger partial charge in [-0.05, 0) is 29.5 Å². The zero-order valence-corrected chi connectivity index (χ0v) is 9.77. The van der Waals surface area contributed by atoms with Crippen LogP contribution in [-0.4, -0.2) is 5.78 Å². The van der Waals surface area contributed by atoms with Crippen LogP contribution in [0.15, 0.2) is 18.2 Å². The second kappa shape index (κ2) is 4.07. The number of rotatable bonds is 1. The smallest absolute Gasteiger partial charge is 0.300 e. The molecule has 0 heterocycles. The van der Waals surface area contributed by atoms with Crippen molar-refractivity contribution < 1.29 is 22.4 Å². The summed E-state index contributed by atoms with van der Waals surface area (Å²) in [5.74, 6) is -1.21. The Kier molecular flexibility index (Phi) is 2.95. The van der Waals surface area contributed by atoms with E-state index in [4.69, 9.17) is 0 Å². The molecule has 0 aromatic heterocycles. The molecule has 1 saturated carbocycles. The highest BCUT2D eigenvalue weighted by atomic mass is 19.4. The monoisotopic (exact) mass is 260 g/mol. The molecular weight excluding hydrogens is 248 g/mol. The van der Waals surface area contributed by atoms with E-state index in [9.17, 15) is 22.4 Å².